The summed E-state index contributed by atoms with van der Waals surface area (Å²) in [5.74, 6) is -0.467. The summed E-state index contributed by atoms with van der Waals surface area (Å²) in [5, 5.41) is 0. The fraction of sp³-hybridized carbons (Fsp3) is 0.0625. The number of aromatic amines is 1. The van der Waals surface area contributed by atoms with Gasteiger partial charge in [0.25, 0.3) is 10.0 Å². The molecule has 0 aliphatic carbocycles. The van der Waals surface area contributed by atoms with Crippen molar-refractivity contribution in [2.75, 3.05) is 4.72 Å². The van der Waals surface area contributed by atoms with Gasteiger partial charge in [0.1, 0.15) is 5.82 Å². The largest absolute Gasteiger partial charge is 0.345 e. The number of hydrogen-bond acceptors (Lipinski definition) is 3. The maximum atomic E-state index is 13.1. The normalized spacial score (nSPS) is 11.4. The summed E-state index contributed by atoms with van der Waals surface area (Å²) in [6, 6.07) is 10.5. The van der Waals surface area contributed by atoms with Crippen LogP contribution in [0.1, 0.15) is 5.56 Å². The van der Waals surface area contributed by atoms with Crippen LogP contribution in [0.4, 0.5) is 10.1 Å². The molecular weight excluding hydrogens is 317 g/mol. The summed E-state index contributed by atoms with van der Waals surface area (Å²) in [4.78, 5) is 6.97. The number of sulfonamides is 1. The molecule has 0 radical (unpaired) electrons. The third-order valence-electron chi connectivity index (χ3n) is 3.37. The van der Waals surface area contributed by atoms with Crippen molar-refractivity contribution in [1.82, 2.24) is 9.97 Å². The number of benzene rings is 2. The monoisotopic (exact) mass is 331 g/mol. The van der Waals surface area contributed by atoms with Gasteiger partial charge in [0.05, 0.1) is 23.1 Å². The van der Waals surface area contributed by atoms with Gasteiger partial charge in [-0.3, -0.25) is 4.72 Å². The van der Waals surface area contributed by atoms with Crippen LogP contribution in [-0.4, -0.2) is 18.4 Å². The molecule has 0 aliphatic rings. The van der Waals surface area contributed by atoms with Gasteiger partial charge in [-0.25, -0.2) is 17.8 Å². The smallest absolute Gasteiger partial charge is 0.262 e. The molecule has 0 unspecified atom stereocenters. The topological polar surface area (TPSA) is 74.8 Å². The average Bonchev–Trinajstić information content (AvgIpc) is 3.01. The molecule has 0 atom stereocenters. The third-order valence-corrected chi connectivity index (χ3v) is 4.91. The van der Waals surface area contributed by atoms with Crippen molar-refractivity contribution in [2.24, 2.45) is 0 Å². The number of rotatable bonds is 4. The van der Waals surface area contributed by atoms with Gasteiger partial charge in [0.15, 0.2) is 0 Å². The quantitative estimate of drug-likeness (QED) is 0.770. The Kier molecular flexibility index (Phi) is 3.87. The van der Waals surface area contributed by atoms with Crippen molar-refractivity contribution in [3.8, 4) is 11.3 Å². The molecule has 0 aliphatic heterocycles. The molecule has 1 aromatic heterocycles. The Bertz CT molecular complexity index is 920. The van der Waals surface area contributed by atoms with E-state index in [0.29, 0.717) is 11.3 Å². The van der Waals surface area contributed by atoms with Crippen molar-refractivity contribution < 1.29 is 12.8 Å². The molecule has 0 spiro atoms. The minimum absolute atomic E-state index is 0.0524. The first-order valence-electron chi connectivity index (χ1n) is 6.83. The zero-order chi connectivity index (χ0) is 16.4. The number of hydrogen-bond donors (Lipinski definition) is 2. The van der Waals surface area contributed by atoms with Crippen molar-refractivity contribution in [1.29, 1.82) is 0 Å². The molecular formula is C16H14FN3O2S. The Labute approximate surface area is 133 Å². The maximum absolute atomic E-state index is 13.1. The van der Waals surface area contributed by atoms with E-state index in [0.717, 1.165) is 17.3 Å². The summed E-state index contributed by atoms with van der Waals surface area (Å²) in [5.41, 5.74) is 2.51. The Morgan fingerprint density at radius 2 is 1.87 bits per heavy atom. The van der Waals surface area contributed by atoms with Gasteiger partial charge in [-0.15, -0.1) is 0 Å². The van der Waals surface area contributed by atoms with Gasteiger partial charge < -0.3 is 4.98 Å². The zero-order valence-corrected chi connectivity index (χ0v) is 13.1. The van der Waals surface area contributed by atoms with Crippen LogP contribution in [0.2, 0.25) is 0 Å². The summed E-state index contributed by atoms with van der Waals surface area (Å²) >= 11 is 0. The second-order valence-electron chi connectivity index (χ2n) is 5.06. The first kappa shape index (κ1) is 15.2. The highest BCUT2D eigenvalue weighted by Gasteiger charge is 2.17. The fourth-order valence-corrected chi connectivity index (χ4v) is 3.54. The van der Waals surface area contributed by atoms with Crippen molar-refractivity contribution >= 4 is 15.7 Å². The summed E-state index contributed by atoms with van der Waals surface area (Å²) in [6.45, 7) is 1.55. The van der Waals surface area contributed by atoms with Crippen LogP contribution in [-0.2, 0) is 10.0 Å². The molecule has 3 aromatic rings. The van der Waals surface area contributed by atoms with Crippen molar-refractivity contribution in [3.63, 3.8) is 0 Å². The number of anilines is 1. The van der Waals surface area contributed by atoms with E-state index in [2.05, 4.69) is 14.7 Å². The maximum Gasteiger partial charge on any atom is 0.262 e. The number of aromatic nitrogens is 2. The SMILES string of the molecule is Cc1cc(F)ccc1S(=O)(=O)Nc1ccc(-c2cnc[nH]2)cc1. The van der Waals surface area contributed by atoms with E-state index < -0.39 is 15.8 Å². The highest BCUT2D eigenvalue weighted by Crippen LogP contribution is 2.23. The van der Waals surface area contributed by atoms with Gasteiger partial charge in [0.2, 0.25) is 0 Å². The van der Waals surface area contributed by atoms with Gasteiger partial charge in [-0.2, -0.15) is 0 Å². The number of aryl methyl sites for hydroxylation is 1. The minimum atomic E-state index is -3.76. The fourth-order valence-electron chi connectivity index (χ4n) is 2.26. The summed E-state index contributed by atoms with van der Waals surface area (Å²) in [6.07, 6.45) is 3.25. The van der Waals surface area contributed by atoms with Crippen LogP contribution >= 0.6 is 0 Å². The number of nitrogens with one attached hydrogen (secondary N) is 2. The predicted octanol–water partition coefficient (Wildman–Crippen LogP) is 3.33. The molecule has 7 heteroatoms. The molecule has 2 aromatic carbocycles. The molecule has 5 nitrogen and oxygen atoms in total. The molecule has 3 rings (SSSR count). The number of H-pyrrole nitrogens is 1. The number of halogens is 1. The van der Waals surface area contributed by atoms with E-state index in [1.807, 2.05) is 0 Å². The zero-order valence-electron chi connectivity index (χ0n) is 12.2. The summed E-state index contributed by atoms with van der Waals surface area (Å²) < 4.78 is 40.4. The molecule has 0 amide bonds. The van der Waals surface area contributed by atoms with Crippen LogP contribution in [0, 0.1) is 12.7 Å². The van der Waals surface area contributed by atoms with E-state index in [4.69, 9.17) is 0 Å². The van der Waals surface area contributed by atoms with E-state index in [9.17, 15) is 12.8 Å². The Morgan fingerprint density at radius 3 is 2.48 bits per heavy atom. The lowest BCUT2D eigenvalue weighted by atomic mass is 10.1. The van der Waals surface area contributed by atoms with Gasteiger partial charge in [-0.1, -0.05) is 12.1 Å². The van der Waals surface area contributed by atoms with Crippen LogP contribution in [0.5, 0.6) is 0 Å². The molecule has 2 N–H and O–H groups in total. The van der Waals surface area contributed by atoms with Crippen molar-refractivity contribution in [3.05, 3.63) is 66.4 Å². The second kappa shape index (κ2) is 5.85. The Morgan fingerprint density at radius 1 is 1.13 bits per heavy atom. The highest BCUT2D eigenvalue weighted by molar-refractivity contribution is 7.92. The number of imidazole rings is 1. The Hall–Kier alpha value is -2.67. The lowest BCUT2D eigenvalue weighted by Crippen LogP contribution is -2.14. The first-order valence-corrected chi connectivity index (χ1v) is 8.32. The molecule has 1 heterocycles. The van der Waals surface area contributed by atoms with Crippen LogP contribution in [0.15, 0.2) is 59.9 Å². The van der Waals surface area contributed by atoms with Crippen LogP contribution < -0.4 is 4.72 Å². The van der Waals surface area contributed by atoms with Gasteiger partial charge in [0, 0.05) is 5.69 Å². The van der Waals surface area contributed by atoms with E-state index in [-0.39, 0.29) is 4.90 Å². The lowest BCUT2D eigenvalue weighted by Gasteiger charge is -2.10. The molecule has 118 valence electrons. The molecule has 0 saturated carbocycles. The lowest BCUT2D eigenvalue weighted by molar-refractivity contribution is 0.598. The van der Waals surface area contributed by atoms with Gasteiger partial charge >= 0.3 is 0 Å². The molecule has 0 fully saturated rings. The predicted molar refractivity (Wildman–Crippen MR) is 86.0 cm³/mol. The van der Waals surface area contributed by atoms with E-state index >= 15 is 0 Å². The van der Waals surface area contributed by atoms with Crippen LogP contribution in [0.3, 0.4) is 0 Å². The first-order chi connectivity index (χ1) is 11.0. The number of nitrogens with zero attached hydrogens (tertiary/aromatic N) is 1. The van der Waals surface area contributed by atoms with E-state index in [1.165, 1.54) is 12.1 Å². The van der Waals surface area contributed by atoms with E-state index in [1.54, 1.807) is 43.7 Å². The highest BCUT2D eigenvalue weighted by atomic mass is 32.2. The minimum Gasteiger partial charge on any atom is -0.345 e. The van der Waals surface area contributed by atoms with Crippen LogP contribution in [0.25, 0.3) is 11.3 Å². The standard InChI is InChI=1S/C16H14FN3O2S/c1-11-8-13(17)4-7-16(11)23(21,22)20-14-5-2-12(3-6-14)15-9-18-10-19-15/h2-10,20H,1H3,(H,18,19). The summed E-state index contributed by atoms with van der Waals surface area (Å²) in [7, 11) is -3.76. The van der Waals surface area contributed by atoms with Gasteiger partial charge in [-0.05, 0) is 48.4 Å². The Balaban J connectivity index is 1.86. The third kappa shape index (κ3) is 3.24. The second-order valence-corrected chi connectivity index (χ2v) is 6.71. The van der Waals surface area contributed by atoms with Crippen molar-refractivity contribution in [2.45, 2.75) is 11.8 Å². The molecule has 0 saturated heterocycles. The molecule has 23 heavy (non-hydrogen) atoms. The molecule has 0 bridgehead atoms. The average molecular weight is 331 g/mol.